The molecule has 1 aromatic heterocycles. The van der Waals surface area contributed by atoms with E-state index in [-0.39, 0.29) is 18.2 Å². The van der Waals surface area contributed by atoms with Gasteiger partial charge in [-0.15, -0.1) is 0 Å². The summed E-state index contributed by atoms with van der Waals surface area (Å²) in [6.07, 6.45) is 2.90. The Morgan fingerprint density at radius 1 is 0.907 bits per heavy atom. The molecule has 0 saturated carbocycles. The largest absolute Gasteiger partial charge is 0.481 e. The smallest absolute Gasteiger partial charge is 0.306 e. The SMILES string of the molecule is CCCC(C)n1c(Nc2ccc(-c3ccc(C(=O)CC(CCc4ccccc4)C(=O)O)cc3)cc2F)nc2ccccc21. The summed E-state index contributed by atoms with van der Waals surface area (Å²) in [6, 6.07) is 29.6. The van der Waals surface area contributed by atoms with Crippen molar-refractivity contribution >= 4 is 34.4 Å². The minimum absolute atomic E-state index is 0.0713. The van der Waals surface area contributed by atoms with Crippen LogP contribution in [0.4, 0.5) is 16.0 Å². The molecular weight excluding hydrogens is 541 g/mol. The fraction of sp³-hybridized carbons (Fsp3) is 0.250. The molecule has 7 heteroatoms. The van der Waals surface area contributed by atoms with Crippen LogP contribution < -0.4 is 5.32 Å². The zero-order valence-electron chi connectivity index (χ0n) is 24.5. The van der Waals surface area contributed by atoms with Gasteiger partial charge in [0.2, 0.25) is 5.95 Å². The van der Waals surface area contributed by atoms with Crippen LogP contribution in [0.3, 0.4) is 0 Å². The van der Waals surface area contributed by atoms with Crippen LogP contribution in [0.1, 0.15) is 61.5 Å². The van der Waals surface area contributed by atoms with Crippen LogP contribution in [0.25, 0.3) is 22.2 Å². The van der Waals surface area contributed by atoms with Crippen LogP contribution >= 0.6 is 0 Å². The number of para-hydroxylation sites is 2. The lowest BCUT2D eigenvalue weighted by atomic mass is 9.92. The third-order valence-corrected chi connectivity index (χ3v) is 7.90. The number of hydrogen-bond donors (Lipinski definition) is 2. The van der Waals surface area contributed by atoms with E-state index in [2.05, 4.69) is 23.7 Å². The lowest BCUT2D eigenvalue weighted by Crippen LogP contribution is -2.19. The number of anilines is 2. The number of rotatable bonds is 13. The van der Waals surface area contributed by atoms with Crippen molar-refractivity contribution in [1.82, 2.24) is 9.55 Å². The van der Waals surface area contributed by atoms with Crippen LogP contribution in [0.15, 0.2) is 97.1 Å². The molecule has 4 aromatic carbocycles. The number of benzene rings is 4. The lowest BCUT2D eigenvalue weighted by Gasteiger charge is -2.18. The number of Topliss-reactive ketones (excluding diaryl/α,β-unsaturated/α-hetero) is 1. The number of carboxylic acids is 1. The predicted molar refractivity (Wildman–Crippen MR) is 169 cm³/mol. The maximum absolute atomic E-state index is 15.4. The molecule has 2 N–H and O–H groups in total. The quantitative estimate of drug-likeness (QED) is 0.137. The van der Waals surface area contributed by atoms with E-state index in [4.69, 9.17) is 4.98 Å². The van der Waals surface area contributed by atoms with E-state index < -0.39 is 17.7 Å². The molecule has 6 nitrogen and oxygen atoms in total. The molecule has 1 heterocycles. The van der Waals surface area contributed by atoms with Crippen LogP contribution in [0, 0.1) is 11.7 Å². The first-order valence-electron chi connectivity index (χ1n) is 14.8. The van der Waals surface area contributed by atoms with Crippen molar-refractivity contribution in [1.29, 1.82) is 0 Å². The van der Waals surface area contributed by atoms with Gasteiger partial charge in [-0.1, -0.05) is 86.1 Å². The van der Waals surface area contributed by atoms with E-state index in [0.29, 0.717) is 35.6 Å². The summed E-state index contributed by atoms with van der Waals surface area (Å²) in [5, 5.41) is 12.9. The number of nitrogens with zero attached hydrogens (tertiary/aromatic N) is 2. The van der Waals surface area contributed by atoms with Crippen molar-refractivity contribution in [2.75, 3.05) is 5.32 Å². The Labute approximate surface area is 251 Å². The highest BCUT2D eigenvalue weighted by molar-refractivity contribution is 5.98. The van der Waals surface area contributed by atoms with Gasteiger partial charge in [0, 0.05) is 18.0 Å². The molecule has 0 radical (unpaired) electrons. The summed E-state index contributed by atoms with van der Waals surface area (Å²) in [4.78, 5) is 29.5. The Bertz CT molecular complexity index is 1710. The summed E-state index contributed by atoms with van der Waals surface area (Å²) in [5.74, 6) is -1.78. The van der Waals surface area contributed by atoms with Crippen molar-refractivity contribution in [3.05, 3.63) is 114 Å². The molecule has 0 bridgehead atoms. The monoisotopic (exact) mass is 577 g/mol. The number of imidazole rings is 1. The van der Waals surface area contributed by atoms with Gasteiger partial charge in [0.1, 0.15) is 5.82 Å². The van der Waals surface area contributed by atoms with E-state index in [0.717, 1.165) is 35.0 Å². The number of aryl methyl sites for hydroxylation is 1. The number of halogens is 1. The zero-order chi connectivity index (χ0) is 30.3. The molecule has 2 atom stereocenters. The molecule has 0 amide bonds. The summed E-state index contributed by atoms with van der Waals surface area (Å²) in [5.41, 5.74) is 5.09. The molecular formula is C36H36FN3O3. The van der Waals surface area contributed by atoms with Gasteiger partial charge in [-0.25, -0.2) is 9.37 Å². The number of carboxylic acid groups (broad SMARTS) is 1. The highest BCUT2D eigenvalue weighted by atomic mass is 19.1. The molecule has 0 aliphatic carbocycles. The van der Waals surface area contributed by atoms with Crippen LogP contribution in [0.2, 0.25) is 0 Å². The van der Waals surface area contributed by atoms with Gasteiger partial charge in [0.25, 0.3) is 0 Å². The highest BCUT2D eigenvalue weighted by Gasteiger charge is 2.22. The second-order valence-electron chi connectivity index (χ2n) is 11.0. The molecule has 2 unspecified atom stereocenters. The number of carbonyl (C=O) groups excluding carboxylic acids is 1. The molecule has 0 spiro atoms. The van der Waals surface area contributed by atoms with Gasteiger partial charge in [-0.05, 0) is 67.1 Å². The number of fused-ring (bicyclic) bond motifs is 1. The first kappa shape index (κ1) is 29.7. The fourth-order valence-corrected chi connectivity index (χ4v) is 5.53. The number of carbonyl (C=O) groups is 2. The highest BCUT2D eigenvalue weighted by Crippen LogP contribution is 2.31. The maximum atomic E-state index is 15.4. The van der Waals surface area contributed by atoms with Gasteiger partial charge in [0.05, 0.1) is 22.6 Å². The van der Waals surface area contributed by atoms with Crippen molar-refractivity contribution in [3.8, 4) is 11.1 Å². The topological polar surface area (TPSA) is 84.2 Å². The van der Waals surface area contributed by atoms with E-state index in [1.165, 1.54) is 6.07 Å². The first-order valence-corrected chi connectivity index (χ1v) is 14.8. The zero-order valence-corrected chi connectivity index (χ0v) is 24.5. The molecule has 5 aromatic rings. The molecule has 0 aliphatic rings. The second-order valence-corrected chi connectivity index (χ2v) is 11.0. The Balaban J connectivity index is 1.28. The van der Waals surface area contributed by atoms with E-state index >= 15 is 4.39 Å². The Morgan fingerprint density at radius 3 is 2.30 bits per heavy atom. The average Bonchev–Trinajstić information content (AvgIpc) is 3.38. The van der Waals surface area contributed by atoms with E-state index in [1.807, 2.05) is 60.7 Å². The molecule has 0 fully saturated rings. The van der Waals surface area contributed by atoms with Gasteiger partial charge >= 0.3 is 5.97 Å². The van der Waals surface area contributed by atoms with Gasteiger partial charge in [-0.3, -0.25) is 9.59 Å². The van der Waals surface area contributed by atoms with Crippen LogP contribution in [0.5, 0.6) is 0 Å². The standard InChI is InChI=1S/C36H36FN3O3/c1-3-9-24(2)40-33-13-8-7-12-32(33)39-36(40)38-31-21-20-28(22-30(31)37)26-16-18-27(19-17-26)34(41)23-29(35(42)43)15-14-25-10-5-4-6-11-25/h4-8,10-13,16-22,24,29H,3,9,14-15,23H2,1-2H3,(H,38,39)(H,42,43). The van der Waals surface area contributed by atoms with Crippen LogP contribution in [-0.4, -0.2) is 26.4 Å². The van der Waals surface area contributed by atoms with Crippen molar-refractivity contribution in [3.63, 3.8) is 0 Å². The molecule has 43 heavy (non-hydrogen) atoms. The number of aliphatic carboxylic acids is 1. The number of hydrogen-bond acceptors (Lipinski definition) is 4. The third-order valence-electron chi connectivity index (χ3n) is 7.90. The summed E-state index contributed by atoms with van der Waals surface area (Å²) in [7, 11) is 0. The maximum Gasteiger partial charge on any atom is 0.306 e. The third kappa shape index (κ3) is 7.00. The number of ketones is 1. The summed E-state index contributed by atoms with van der Waals surface area (Å²) >= 11 is 0. The molecule has 5 rings (SSSR count). The Hall–Kier alpha value is -4.78. The second kappa shape index (κ2) is 13.5. The van der Waals surface area contributed by atoms with Gasteiger partial charge in [-0.2, -0.15) is 0 Å². The van der Waals surface area contributed by atoms with Crippen molar-refractivity contribution in [2.45, 2.75) is 52.0 Å². The lowest BCUT2D eigenvalue weighted by molar-refractivity contribution is -0.141. The predicted octanol–water partition coefficient (Wildman–Crippen LogP) is 8.85. The Morgan fingerprint density at radius 2 is 1.60 bits per heavy atom. The summed E-state index contributed by atoms with van der Waals surface area (Å²) in [6.45, 7) is 4.28. The summed E-state index contributed by atoms with van der Waals surface area (Å²) < 4.78 is 17.5. The number of nitrogens with one attached hydrogen (secondary N) is 1. The molecule has 0 saturated heterocycles. The van der Waals surface area contributed by atoms with E-state index in [1.54, 1.807) is 30.3 Å². The van der Waals surface area contributed by atoms with E-state index in [9.17, 15) is 14.7 Å². The molecule has 0 aliphatic heterocycles. The fourth-order valence-electron chi connectivity index (χ4n) is 5.53. The van der Waals surface area contributed by atoms with Crippen molar-refractivity contribution < 1.29 is 19.1 Å². The molecule has 220 valence electrons. The van der Waals surface area contributed by atoms with Crippen molar-refractivity contribution in [2.24, 2.45) is 5.92 Å². The Kier molecular flexibility index (Phi) is 9.30. The normalized spacial score (nSPS) is 12.6. The van der Waals surface area contributed by atoms with Gasteiger partial charge < -0.3 is 15.0 Å². The van der Waals surface area contributed by atoms with Gasteiger partial charge in [0.15, 0.2) is 5.78 Å². The number of aromatic nitrogens is 2. The minimum atomic E-state index is -0.972. The average molecular weight is 578 g/mol. The minimum Gasteiger partial charge on any atom is -0.481 e. The van der Waals surface area contributed by atoms with Crippen LogP contribution in [-0.2, 0) is 11.2 Å². The first-order chi connectivity index (χ1) is 20.8.